The van der Waals surface area contributed by atoms with Crippen LogP contribution >= 0.6 is 0 Å². The third kappa shape index (κ3) is 4.09. The Morgan fingerprint density at radius 1 is 1.00 bits per heavy atom. The Kier molecular flexibility index (Phi) is 5.26. The number of aromatic amines is 1. The van der Waals surface area contributed by atoms with Gasteiger partial charge in [0.2, 0.25) is 0 Å². The monoisotopic (exact) mass is 414 g/mol. The molecule has 2 aromatic heterocycles. The van der Waals surface area contributed by atoms with Crippen LogP contribution in [0.4, 0.5) is 5.69 Å². The number of piperazine rings is 1. The maximum absolute atomic E-state index is 11.8. The highest BCUT2D eigenvalue weighted by molar-refractivity contribution is 5.92. The number of hydrogen-bond donors (Lipinski definition) is 1. The van der Waals surface area contributed by atoms with E-state index < -0.39 is 0 Å². The molecule has 1 fully saturated rings. The fourth-order valence-electron chi connectivity index (χ4n) is 4.31. The van der Waals surface area contributed by atoms with Gasteiger partial charge in [-0.05, 0) is 55.3 Å². The fourth-order valence-corrected chi connectivity index (χ4v) is 4.31. The topological polar surface area (TPSA) is 70.1 Å². The van der Waals surface area contributed by atoms with E-state index in [9.17, 15) is 4.79 Å². The van der Waals surface area contributed by atoms with Crippen LogP contribution in [0.1, 0.15) is 11.3 Å². The summed E-state index contributed by atoms with van der Waals surface area (Å²) < 4.78 is 1.53. The van der Waals surface area contributed by atoms with Crippen LogP contribution in [-0.4, -0.2) is 57.4 Å². The molecule has 1 N–H and O–H groups in total. The largest absolute Gasteiger partial charge is 0.368 e. The Morgan fingerprint density at radius 3 is 2.65 bits per heavy atom. The van der Waals surface area contributed by atoms with Crippen LogP contribution in [0, 0.1) is 6.92 Å². The zero-order valence-corrected chi connectivity index (χ0v) is 17.7. The van der Waals surface area contributed by atoms with Gasteiger partial charge in [-0.15, -0.1) is 0 Å². The van der Waals surface area contributed by atoms with Crippen molar-refractivity contribution in [1.82, 2.24) is 24.6 Å². The Hall–Kier alpha value is -3.45. The zero-order valence-electron chi connectivity index (χ0n) is 17.7. The lowest BCUT2D eigenvalue weighted by Gasteiger charge is -2.36. The molecule has 5 rings (SSSR count). The number of aryl methyl sites for hydroxylation is 1. The van der Waals surface area contributed by atoms with E-state index in [0.717, 1.165) is 56.0 Å². The van der Waals surface area contributed by atoms with Crippen molar-refractivity contribution >= 4 is 16.6 Å². The van der Waals surface area contributed by atoms with Crippen molar-refractivity contribution < 1.29 is 0 Å². The number of aromatic nitrogens is 4. The van der Waals surface area contributed by atoms with Crippen LogP contribution in [0.15, 0.2) is 65.7 Å². The van der Waals surface area contributed by atoms with Gasteiger partial charge in [-0.3, -0.25) is 9.88 Å². The molecule has 0 radical (unpaired) electrons. The Morgan fingerprint density at radius 2 is 1.84 bits per heavy atom. The first-order valence-electron chi connectivity index (χ1n) is 10.7. The number of H-pyrrole nitrogens is 1. The van der Waals surface area contributed by atoms with E-state index >= 15 is 0 Å². The highest BCUT2D eigenvalue weighted by atomic mass is 16.1. The Balaban J connectivity index is 1.21. The third-order valence-electron chi connectivity index (χ3n) is 6.02. The van der Waals surface area contributed by atoms with Crippen molar-refractivity contribution in [2.75, 3.05) is 37.6 Å². The van der Waals surface area contributed by atoms with Crippen LogP contribution in [0.2, 0.25) is 0 Å². The van der Waals surface area contributed by atoms with E-state index in [1.54, 1.807) is 0 Å². The van der Waals surface area contributed by atoms with E-state index in [-0.39, 0.29) is 5.69 Å². The van der Waals surface area contributed by atoms with Crippen LogP contribution in [0.5, 0.6) is 0 Å². The first-order chi connectivity index (χ1) is 15.2. The normalized spacial score (nSPS) is 14.9. The average molecular weight is 415 g/mol. The molecule has 3 heterocycles. The van der Waals surface area contributed by atoms with Gasteiger partial charge in [0.05, 0.1) is 11.2 Å². The summed E-state index contributed by atoms with van der Waals surface area (Å²) in [5.74, 6) is 0. The van der Waals surface area contributed by atoms with Gasteiger partial charge >= 0.3 is 5.69 Å². The third-order valence-corrected chi connectivity index (χ3v) is 6.02. The number of nitrogens with one attached hydrogen (secondary N) is 1. The van der Waals surface area contributed by atoms with Crippen molar-refractivity contribution in [3.63, 3.8) is 0 Å². The highest BCUT2D eigenvalue weighted by Gasteiger charge is 2.18. The number of fused-ring (bicyclic) bond motifs is 1. The lowest BCUT2D eigenvalue weighted by Crippen LogP contribution is -2.47. The van der Waals surface area contributed by atoms with Crippen molar-refractivity contribution in [2.45, 2.75) is 13.3 Å². The minimum absolute atomic E-state index is 0.216. The first kappa shape index (κ1) is 19.5. The molecule has 0 atom stereocenters. The summed E-state index contributed by atoms with van der Waals surface area (Å²) in [5.41, 5.74) is 5.26. The molecule has 4 aromatic rings. The molecule has 0 spiro atoms. The minimum Gasteiger partial charge on any atom is -0.368 e. The second-order valence-electron chi connectivity index (χ2n) is 8.08. The van der Waals surface area contributed by atoms with Crippen molar-refractivity contribution in [2.24, 2.45) is 0 Å². The van der Waals surface area contributed by atoms with Gasteiger partial charge in [-0.25, -0.2) is 14.5 Å². The van der Waals surface area contributed by atoms with E-state index in [4.69, 9.17) is 0 Å². The number of benzene rings is 2. The lowest BCUT2D eigenvalue weighted by molar-refractivity contribution is 0.261. The first-order valence-corrected chi connectivity index (χ1v) is 10.7. The molecule has 7 nitrogen and oxygen atoms in total. The molecule has 7 heteroatoms. The molecule has 1 saturated heterocycles. The summed E-state index contributed by atoms with van der Waals surface area (Å²) in [6, 6.07) is 18.8. The van der Waals surface area contributed by atoms with Gasteiger partial charge < -0.3 is 4.90 Å². The van der Waals surface area contributed by atoms with E-state index in [0.29, 0.717) is 0 Å². The minimum atomic E-state index is -0.216. The molecular formula is C24H26N6O. The van der Waals surface area contributed by atoms with Gasteiger partial charge in [0.25, 0.3) is 0 Å². The summed E-state index contributed by atoms with van der Waals surface area (Å²) in [5, 5.41) is 7.48. The van der Waals surface area contributed by atoms with Crippen LogP contribution in [0.25, 0.3) is 16.6 Å². The maximum atomic E-state index is 11.8. The van der Waals surface area contributed by atoms with Crippen LogP contribution in [-0.2, 0) is 6.42 Å². The molecule has 1 aliphatic heterocycles. The van der Waals surface area contributed by atoms with Gasteiger partial charge in [-0.2, -0.15) is 5.10 Å². The Labute approximate surface area is 181 Å². The molecule has 158 valence electrons. The summed E-state index contributed by atoms with van der Waals surface area (Å²) in [6.07, 6.45) is 2.47. The fraction of sp³-hybridized carbons (Fsp3) is 0.292. The molecule has 0 unspecified atom stereocenters. The Bertz CT molecular complexity index is 1250. The summed E-state index contributed by atoms with van der Waals surface area (Å²) in [7, 11) is 0. The van der Waals surface area contributed by atoms with E-state index in [2.05, 4.69) is 67.4 Å². The summed E-state index contributed by atoms with van der Waals surface area (Å²) in [4.78, 5) is 21.5. The predicted molar refractivity (Wildman–Crippen MR) is 123 cm³/mol. The van der Waals surface area contributed by atoms with E-state index in [1.807, 2.05) is 19.1 Å². The predicted octanol–water partition coefficient (Wildman–Crippen LogP) is 2.78. The van der Waals surface area contributed by atoms with Crippen molar-refractivity contribution in [1.29, 1.82) is 0 Å². The van der Waals surface area contributed by atoms with Gasteiger partial charge in [0.15, 0.2) is 0 Å². The van der Waals surface area contributed by atoms with Crippen molar-refractivity contribution in [3.05, 3.63) is 82.7 Å². The molecular weight excluding hydrogens is 388 g/mol. The molecule has 0 bridgehead atoms. The number of pyridine rings is 1. The molecule has 0 amide bonds. The number of hydrogen-bond acceptors (Lipinski definition) is 5. The van der Waals surface area contributed by atoms with E-state index in [1.165, 1.54) is 27.5 Å². The molecule has 0 saturated carbocycles. The molecule has 0 aliphatic carbocycles. The quantitative estimate of drug-likeness (QED) is 0.544. The van der Waals surface area contributed by atoms with Gasteiger partial charge in [-0.1, -0.05) is 18.2 Å². The highest BCUT2D eigenvalue weighted by Crippen LogP contribution is 2.27. The summed E-state index contributed by atoms with van der Waals surface area (Å²) >= 11 is 0. The van der Waals surface area contributed by atoms with Gasteiger partial charge in [0.1, 0.15) is 6.33 Å². The second kappa shape index (κ2) is 8.35. The zero-order chi connectivity index (χ0) is 21.2. The molecule has 31 heavy (non-hydrogen) atoms. The smallest absolute Gasteiger partial charge is 0.347 e. The molecule has 2 aromatic carbocycles. The number of nitrogens with zero attached hydrogens (tertiary/aromatic N) is 5. The standard InChI is InChI=1S/C24H26N6O/c1-18-8-9-21-22(26-18)6-3-7-23(21)29-14-12-28(13-15-29)11-10-19-4-2-5-20(16-19)30-17-25-27-24(30)31/h2-9,16-17H,10-15H2,1H3,(H,27,31). The van der Waals surface area contributed by atoms with Crippen LogP contribution in [0.3, 0.4) is 0 Å². The molecule has 1 aliphatic rings. The van der Waals surface area contributed by atoms with Gasteiger partial charge in [0, 0.05) is 49.5 Å². The van der Waals surface area contributed by atoms with Crippen molar-refractivity contribution in [3.8, 4) is 5.69 Å². The SMILES string of the molecule is Cc1ccc2c(N3CCN(CCc4cccc(-n5cn[nH]c5=O)c4)CC3)cccc2n1. The second-order valence-corrected chi connectivity index (χ2v) is 8.08. The van der Waals surface area contributed by atoms with Crippen LogP contribution < -0.4 is 10.6 Å². The lowest BCUT2D eigenvalue weighted by atomic mass is 10.1. The maximum Gasteiger partial charge on any atom is 0.347 e. The summed E-state index contributed by atoms with van der Waals surface area (Å²) in [6.45, 7) is 7.14. The number of rotatable bonds is 5. The number of anilines is 1. The average Bonchev–Trinajstić information content (AvgIpc) is 3.23.